The molecule has 20 heavy (non-hydrogen) atoms. The third-order valence-electron chi connectivity index (χ3n) is 2.55. The van der Waals surface area contributed by atoms with E-state index in [-0.39, 0.29) is 36.4 Å². The molecule has 3 N–H and O–H groups in total. The molecule has 0 aliphatic heterocycles. The second-order valence-corrected chi connectivity index (χ2v) is 4.04. The summed E-state index contributed by atoms with van der Waals surface area (Å²) in [4.78, 5) is 23.2. The fourth-order valence-electron chi connectivity index (χ4n) is 1.60. The molecule has 0 aliphatic carbocycles. The largest absolute Gasteiger partial charge is 0.508 e. The summed E-state index contributed by atoms with van der Waals surface area (Å²) in [6, 6.07) is 9.22. The fraction of sp³-hybridized carbons (Fsp3) is 0.143. The van der Waals surface area contributed by atoms with Gasteiger partial charge < -0.3 is 20.2 Å². The summed E-state index contributed by atoms with van der Waals surface area (Å²) in [5.41, 5.74) is 0.363. The molecule has 0 radical (unpaired) electrons. The first-order valence-corrected chi connectivity index (χ1v) is 6.06. The fourth-order valence-corrected chi connectivity index (χ4v) is 1.60. The number of carbonyl (C=O) groups is 2. The summed E-state index contributed by atoms with van der Waals surface area (Å²) in [6.45, 7) is 0.561. The van der Waals surface area contributed by atoms with Crippen molar-refractivity contribution in [3.05, 3.63) is 54.0 Å². The predicted octanol–water partition coefficient (Wildman–Crippen LogP) is 1.14. The maximum Gasteiger partial charge on any atom is 0.287 e. The van der Waals surface area contributed by atoms with Gasteiger partial charge in [0.2, 0.25) is 0 Å². The molecule has 0 aliphatic rings. The van der Waals surface area contributed by atoms with Crippen LogP contribution in [-0.4, -0.2) is 30.0 Å². The van der Waals surface area contributed by atoms with Crippen molar-refractivity contribution >= 4 is 11.8 Å². The lowest BCUT2D eigenvalue weighted by atomic mass is 10.2. The van der Waals surface area contributed by atoms with Gasteiger partial charge in [-0.1, -0.05) is 6.07 Å². The van der Waals surface area contributed by atoms with E-state index in [1.54, 1.807) is 24.3 Å². The van der Waals surface area contributed by atoms with E-state index in [1.165, 1.54) is 18.4 Å². The van der Waals surface area contributed by atoms with E-state index in [2.05, 4.69) is 10.6 Å². The molecular weight excluding hydrogens is 260 g/mol. The maximum absolute atomic E-state index is 11.7. The van der Waals surface area contributed by atoms with E-state index >= 15 is 0 Å². The van der Waals surface area contributed by atoms with E-state index in [9.17, 15) is 14.7 Å². The Balaban J connectivity index is 1.73. The number of phenolic OH excluding ortho intramolecular Hbond substituents is 1. The number of benzene rings is 1. The molecule has 0 fully saturated rings. The Hall–Kier alpha value is -2.76. The highest BCUT2D eigenvalue weighted by Crippen LogP contribution is 2.10. The van der Waals surface area contributed by atoms with Crippen molar-refractivity contribution in [2.45, 2.75) is 0 Å². The number of amides is 2. The second-order valence-electron chi connectivity index (χ2n) is 4.04. The standard InChI is InChI=1S/C14H14N2O4/c17-11-4-1-3-10(9-11)13(18)15-6-7-16-14(19)12-5-2-8-20-12/h1-5,8-9,17H,6-7H2,(H,15,18)(H,16,19). The van der Waals surface area contributed by atoms with Crippen LogP contribution in [0.15, 0.2) is 47.1 Å². The highest BCUT2D eigenvalue weighted by atomic mass is 16.3. The quantitative estimate of drug-likeness (QED) is 0.713. The first-order chi connectivity index (χ1) is 9.66. The first-order valence-electron chi connectivity index (χ1n) is 6.06. The predicted molar refractivity (Wildman–Crippen MR) is 71.5 cm³/mol. The highest BCUT2D eigenvalue weighted by Gasteiger charge is 2.08. The summed E-state index contributed by atoms with van der Waals surface area (Å²) < 4.78 is 4.93. The highest BCUT2D eigenvalue weighted by molar-refractivity contribution is 5.94. The van der Waals surface area contributed by atoms with Gasteiger partial charge in [-0.15, -0.1) is 0 Å². The monoisotopic (exact) mass is 274 g/mol. The van der Waals surface area contributed by atoms with E-state index < -0.39 is 0 Å². The van der Waals surface area contributed by atoms with E-state index in [0.29, 0.717) is 5.56 Å². The zero-order valence-electron chi connectivity index (χ0n) is 10.6. The number of aromatic hydroxyl groups is 1. The van der Waals surface area contributed by atoms with Crippen LogP contribution in [0.3, 0.4) is 0 Å². The van der Waals surface area contributed by atoms with Crippen molar-refractivity contribution in [1.29, 1.82) is 0 Å². The van der Waals surface area contributed by atoms with Crippen LogP contribution in [-0.2, 0) is 0 Å². The average molecular weight is 274 g/mol. The van der Waals surface area contributed by atoms with Crippen molar-refractivity contribution in [2.24, 2.45) is 0 Å². The molecule has 1 aromatic carbocycles. The summed E-state index contributed by atoms with van der Waals surface area (Å²) in [6.07, 6.45) is 1.42. The molecule has 1 aromatic heterocycles. The lowest BCUT2D eigenvalue weighted by molar-refractivity contribution is 0.0910. The molecule has 0 spiro atoms. The molecule has 0 atom stereocenters. The SMILES string of the molecule is O=C(NCCNC(=O)c1ccco1)c1cccc(O)c1. The van der Waals surface area contributed by atoms with Crippen LogP contribution in [0.25, 0.3) is 0 Å². The zero-order valence-corrected chi connectivity index (χ0v) is 10.6. The van der Waals surface area contributed by atoms with Gasteiger partial charge in [-0.05, 0) is 30.3 Å². The molecular formula is C14H14N2O4. The van der Waals surface area contributed by atoms with Crippen LogP contribution in [0.2, 0.25) is 0 Å². The molecule has 104 valence electrons. The van der Waals surface area contributed by atoms with E-state index in [0.717, 1.165) is 0 Å². The van der Waals surface area contributed by atoms with Crippen LogP contribution in [0, 0.1) is 0 Å². The zero-order chi connectivity index (χ0) is 14.4. The third-order valence-corrected chi connectivity index (χ3v) is 2.55. The molecule has 2 amide bonds. The topological polar surface area (TPSA) is 91.6 Å². The lowest BCUT2D eigenvalue weighted by Gasteiger charge is -2.06. The van der Waals surface area contributed by atoms with E-state index in [1.807, 2.05) is 0 Å². The first kappa shape index (κ1) is 13.7. The normalized spacial score (nSPS) is 10.0. The van der Waals surface area contributed by atoms with Gasteiger partial charge in [-0.25, -0.2) is 0 Å². The minimum Gasteiger partial charge on any atom is -0.508 e. The molecule has 0 saturated heterocycles. The van der Waals surface area contributed by atoms with Gasteiger partial charge in [-0.2, -0.15) is 0 Å². The number of phenols is 1. The van der Waals surface area contributed by atoms with E-state index in [4.69, 9.17) is 4.42 Å². The Morgan fingerprint density at radius 2 is 1.80 bits per heavy atom. The maximum atomic E-state index is 11.7. The summed E-state index contributed by atoms with van der Waals surface area (Å²) >= 11 is 0. The Kier molecular flexibility index (Phi) is 4.39. The van der Waals surface area contributed by atoms with Crippen LogP contribution in [0.5, 0.6) is 5.75 Å². The van der Waals surface area contributed by atoms with Gasteiger partial charge >= 0.3 is 0 Å². The lowest BCUT2D eigenvalue weighted by Crippen LogP contribution is -2.34. The number of nitrogens with one attached hydrogen (secondary N) is 2. The van der Waals surface area contributed by atoms with Crippen LogP contribution >= 0.6 is 0 Å². The Morgan fingerprint density at radius 1 is 1.05 bits per heavy atom. The molecule has 2 rings (SSSR count). The minimum atomic E-state index is -0.332. The number of hydrogen-bond donors (Lipinski definition) is 3. The molecule has 0 unspecified atom stereocenters. The smallest absolute Gasteiger partial charge is 0.287 e. The summed E-state index contributed by atoms with van der Waals surface area (Å²) in [5.74, 6) is -0.386. The Bertz CT molecular complexity index is 593. The van der Waals surface area contributed by atoms with Crippen LogP contribution in [0.1, 0.15) is 20.9 Å². The van der Waals surface area contributed by atoms with Crippen molar-refractivity contribution in [3.63, 3.8) is 0 Å². The Labute approximate surface area is 115 Å². The van der Waals surface area contributed by atoms with Crippen molar-refractivity contribution in [2.75, 3.05) is 13.1 Å². The van der Waals surface area contributed by atoms with Gasteiger partial charge in [0.1, 0.15) is 5.75 Å². The van der Waals surface area contributed by atoms with Crippen molar-refractivity contribution in [3.8, 4) is 5.75 Å². The van der Waals surface area contributed by atoms with Crippen molar-refractivity contribution < 1.29 is 19.1 Å². The van der Waals surface area contributed by atoms with Crippen LogP contribution < -0.4 is 10.6 Å². The molecule has 1 heterocycles. The minimum absolute atomic E-state index is 0.0313. The molecule has 0 saturated carbocycles. The number of hydrogen-bond acceptors (Lipinski definition) is 4. The number of carbonyl (C=O) groups excluding carboxylic acids is 2. The summed E-state index contributed by atoms with van der Waals surface area (Å²) in [5, 5.41) is 14.5. The number of furan rings is 1. The van der Waals surface area contributed by atoms with Gasteiger partial charge in [0, 0.05) is 18.7 Å². The van der Waals surface area contributed by atoms with Gasteiger partial charge in [0.05, 0.1) is 6.26 Å². The van der Waals surface area contributed by atoms with Crippen molar-refractivity contribution in [1.82, 2.24) is 10.6 Å². The van der Waals surface area contributed by atoms with Gasteiger partial charge in [0.25, 0.3) is 11.8 Å². The van der Waals surface area contributed by atoms with Crippen LogP contribution in [0.4, 0.5) is 0 Å². The van der Waals surface area contributed by atoms with Gasteiger partial charge in [-0.3, -0.25) is 9.59 Å². The Morgan fingerprint density at radius 3 is 2.45 bits per heavy atom. The second kappa shape index (κ2) is 6.42. The number of rotatable bonds is 5. The summed E-state index contributed by atoms with van der Waals surface area (Å²) in [7, 11) is 0. The molecule has 6 heteroatoms. The molecule has 6 nitrogen and oxygen atoms in total. The van der Waals surface area contributed by atoms with Gasteiger partial charge in [0.15, 0.2) is 5.76 Å². The average Bonchev–Trinajstić information content (AvgIpc) is 2.97. The molecule has 2 aromatic rings. The third kappa shape index (κ3) is 3.61. The molecule has 0 bridgehead atoms.